The summed E-state index contributed by atoms with van der Waals surface area (Å²) in [6, 6.07) is 3.66. The number of hydrogen-bond acceptors (Lipinski definition) is 4. The molecule has 1 aliphatic heterocycles. The molecule has 118 valence electrons. The van der Waals surface area contributed by atoms with Gasteiger partial charge in [0, 0.05) is 6.54 Å². The number of carbonyl (C=O) groups is 1. The number of ether oxygens (including phenoxy) is 2. The van der Waals surface area contributed by atoms with Crippen LogP contribution in [0, 0.1) is 0 Å². The molecule has 0 atom stereocenters. The van der Waals surface area contributed by atoms with E-state index in [0.29, 0.717) is 28.9 Å². The normalized spacial score (nSPS) is 16.2. The van der Waals surface area contributed by atoms with Crippen molar-refractivity contribution in [1.29, 1.82) is 0 Å². The Labute approximate surface area is 143 Å². The summed E-state index contributed by atoms with van der Waals surface area (Å²) in [5.41, 5.74) is 1.26. The average molecular weight is 385 g/mol. The van der Waals surface area contributed by atoms with Gasteiger partial charge in [0.15, 0.2) is 16.6 Å². The van der Waals surface area contributed by atoms with E-state index in [0.717, 1.165) is 16.5 Å². The Morgan fingerprint density at radius 2 is 2.09 bits per heavy atom. The first-order valence-corrected chi connectivity index (χ1v) is 7.98. The van der Waals surface area contributed by atoms with Crippen LogP contribution < -0.4 is 14.8 Å². The Morgan fingerprint density at radius 3 is 2.68 bits per heavy atom. The third-order valence-corrected chi connectivity index (χ3v) is 4.09. The Hall–Kier alpha value is -1.60. The van der Waals surface area contributed by atoms with Crippen molar-refractivity contribution in [3.63, 3.8) is 0 Å². The molecule has 1 aromatic carbocycles. The highest BCUT2D eigenvalue weighted by atomic mass is 79.9. The number of benzene rings is 1. The van der Waals surface area contributed by atoms with E-state index in [1.54, 1.807) is 31.3 Å². The largest absolute Gasteiger partial charge is 0.493 e. The Bertz CT molecular complexity index is 646. The number of nitrogens with zero attached hydrogens (tertiary/aromatic N) is 1. The zero-order chi connectivity index (χ0) is 16.3. The fourth-order valence-corrected chi connectivity index (χ4v) is 3.09. The van der Waals surface area contributed by atoms with Gasteiger partial charge >= 0.3 is 0 Å². The van der Waals surface area contributed by atoms with Crippen LogP contribution in [-0.2, 0) is 4.79 Å². The molecule has 1 aliphatic rings. The van der Waals surface area contributed by atoms with Crippen molar-refractivity contribution in [3.05, 3.63) is 27.9 Å². The van der Waals surface area contributed by atoms with Crippen LogP contribution in [0.15, 0.2) is 22.3 Å². The van der Waals surface area contributed by atoms with Crippen LogP contribution >= 0.6 is 28.1 Å². The summed E-state index contributed by atoms with van der Waals surface area (Å²) in [7, 11) is 3.14. The summed E-state index contributed by atoms with van der Waals surface area (Å²) in [6.07, 6.45) is 2.60. The molecule has 2 rings (SSSR count). The molecule has 1 heterocycles. The molecular weight excluding hydrogens is 368 g/mol. The summed E-state index contributed by atoms with van der Waals surface area (Å²) in [4.78, 5) is 13.9. The summed E-state index contributed by atoms with van der Waals surface area (Å²) >= 11 is 8.63. The number of carbonyl (C=O) groups excluding carboxylic acids is 1. The van der Waals surface area contributed by atoms with E-state index in [1.165, 1.54) is 0 Å². The van der Waals surface area contributed by atoms with E-state index < -0.39 is 0 Å². The SMILES string of the molecule is CCCN1C(=O)/C(=C/c2cc(Br)c(OC)c(OC)c2)NC1=S. The van der Waals surface area contributed by atoms with Crippen molar-refractivity contribution >= 4 is 45.2 Å². The molecule has 0 radical (unpaired) electrons. The molecule has 7 heteroatoms. The summed E-state index contributed by atoms with van der Waals surface area (Å²) < 4.78 is 11.3. The molecule has 0 aliphatic carbocycles. The molecule has 0 spiro atoms. The van der Waals surface area contributed by atoms with E-state index in [9.17, 15) is 4.79 Å². The minimum atomic E-state index is -0.113. The smallest absolute Gasteiger partial charge is 0.276 e. The van der Waals surface area contributed by atoms with Gasteiger partial charge in [0.05, 0.1) is 18.7 Å². The molecule has 1 amide bonds. The molecular formula is C15H17BrN2O3S. The van der Waals surface area contributed by atoms with Crippen LogP contribution in [0.1, 0.15) is 18.9 Å². The van der Waals surface area contributed by atoms with Gasteiger partial charge in [-0.25, -0.2) is 0 Å². The number of rotatable bonds is 5. The average Bonchev–Trinajstić information content (AvgIpc) is 2.74. The minimum absolute atomic E-state index is 0.113. The topological polar surface area (TPSA) is 50.8 Å². The lowest BCUT2D eigenvalue weighted by molar-refractivity contribution is -0.122. The van der Waals surface area contributed by atoms with E-state index >= 15 is 0 Å². The molecule has 22 heavy (non-hydrogen) atoms. The van der Waals surface area contributed by atoms with Crippen LogP contribution in [-0.4, -0.2) is 36.7 Å². The molecule has 0 aromatic heterocycles. The maximum atomic E-state index is 12.3. The molecule has 1 saturated heterocycles. The number of amides is 1. The summed E-state index contributed by atoms with van der Waals surface area (Å²) in [6.45, 7) is 2.61. The van der Waals surface area contributed by atoms with Gasteiger partial charge in [0.2, 0.25) is 0 Å². The zero-order valence-corrected chi connectivity index (χ0v) is 15.0. The van der Waals surface area contributed by atoms with Crippen molar-refractivity contribution in [1.82, 2.24) is 10.2 Å². The van der Waals surface area contributed by atoms with Gasteiger partial charge in [-0.3, -0.25) is 9.69 Å². The van der Waals surface area contributed by atoms with Crippen LogP contribution in [0.3, 0.4) is 0 Å². The lowest BCUT2D eigenvalue weighted by atomic mass is 10.1. The van der Waals surface area contributed by atoms with Crippen molar-refractivity contribution in [2.24, 2.45) is 0 Å². The highest BCUT2D eigenvalue weighted by molar-refractivity contribution is 9.10. The van der Waals surface area contributed by atoms with Crippen LogP contribution in [0.4, 0.5) is 0 Å². The van der Waals surface area contributed by atoms with Crippen LogP contribution in [0.5, 0.6) is 11.5 Å². The van der Waals surface area contributed by atoms with Crippen molar-refractivity contribution in [2.75, 3.05) is 20.8 Å². The zero-order valence-electron chi connectivity index (χ0n) is 12.6. The van der Waals surface area contributed by atoms with Gasteiger partial charge in [0.1, 0.15) is 5.70 Å². The number of nitrogens with one attached hydrogen (secondary N) is 1. The molecule has 1 N–H and O–H groups in total. The van der Waals surface area contributed by atoms with Gasteiger partial charge in [-0.15, -0.1) is 0 Å². The number of methoxy groups -OCH3 is 2. The van der Waals surface area contributed by atoms with Gasteiger partial charge < -0.3 is 14.8 Å². The Morgan fingerprint density at radius 1 is 1.36 bits per heavy atom. The molecule has 5 nitrogen and oxygen atoms in total. The Kier molecular flexibility index (Phi) is 5.42. The quantitative estimate of drug-likeness (QED) is 0.624. The van der Waals surface area contributed by atoms with Crippen LogP contribution in [0.2, 0.25) is 0 Å². The maximum Gasteiger partial charge on any atom is 0.276 e. The fourth-order valence-electron chi connectivity index (χ4n) is 2.19. The predicted octanol–water partition coefficient (Wildman–Crippen LogP) is 2.93. The summed E-state index contributed by atoms with van der Waals surface area (Å²) in [5.74, 6) is 1.08. The van der Waals surface area contributed by atoms with Gasteiger partial charge in [0.25, 0.3) is 5.91 Å². The van der Waals surface area contributed by atoms with Gasteiger partial charge in [-0.05, 0) is 58.3 Å². The van der Waals surface area contributed by atoms with E-state index in [1.807, 2.05) is 13.0 Å². The third-order valence-electron chi connectivity index (χ3n) is 3.18. The molecule has 0 unspecified atom stereocenters. The van der Waals surface area contributed by atoms with E-state index in [2.05, 4.69) is 21.2 Å². The molecule has 1 fully saturated rings. The van der Waals surface area contributed by atoms with Crippen molar-refractivity contribution < 1.29 is 14.3 Å². The first kappa shape index (κ1) is 16.8. The third kappa shape index (κ3) is 3.25. The van der Waals surface area contributed by atoms with Crippen molar-refractivity contribution in [2.45, 2.75) is 13.3 Å². The second kappa shape index (κ2) is 7.11. The minimum Gasteiger partial charge on any atom is -0.493 e. The standard InChI is InChI=1S/C15H17BrN2O3S/c1-4-5-18-14(19)11(17-15(18)22)7-9-6-10(16)13(21-3)12(8-9)20-2/h6-8H,4-5H2,1-3H3,(H,17,22)/b11-7-. The van der Waals surface area contributed by atoms with Crippen LogP contribution in [0.25, 0.3) is 6.08 Å². The Balaban J connectivity index is 2.36. The number of hydrogen-bond donors (Lipinski definition) is 1. The lowest BCUT2D eigenvalue weighted by Crippen LogP contribution is -2.31. The first-order valence-electron chi connectivity index (χ1n) is 6.77. The predicted molar refractivity (Wildman–Crippen MR) is 93.0 cm³/mol. The maximum absolute atomic E-state index is 12.3. The molecule has 0 bridgehead atoms. The van der Waals surface area contributed by atoms with Gasteiger partial charge in [-0.1, -0.05) is 6.92 Å². The monoisotopic (exact) mass is 384 g/mol. The number of halogens is 1. The first-order chi connectivity index (χ1) is 10.5. The van der Waals surface area contributed by atoms with Crippen molar-refractivity contribution in [3.8, 4) is 11.5 Å². The van der Waals surface area contributed by atoms with E-state index in [4.69, 9.17) is 21.7 Å². The van der Waals surface area contributed by atoms with E-state index in [-0.39, 0.29) is 5.91 Å². The highest BCUT2D eigenvalue weighted by Gasteiger charge is 2.29. The lowest BCUT2D eigenvalue weighted by Gasteiger charge is -2.11. The highest BCUT2D eigenvalue weighted by Crippen LogP contribution is 2.36. The molecule has 1 aromatic rings. The fraction of sp³-hybridized carbons (Fsp3) is 0.333. The second-order valence-corrected chi connectivity index (χ2v) is 5.92. The second-order valence-electron chi connectivity index (χ2n) is 4.68. The summed E-state index contributed by atoms with van der Waals surface area (Å²) in [5, 5.41) is 3.40. The van der Waals surface area contributed by atoms with Gasteiger partial charge in [-0.2, -0.15) is 0 Å². The molecule has 0 saturated carbocycles. The number of thiocarbonyl (C=S) groups is 1.